The molecule has 2 aromatic heterocycles. The molecule has 1 fully saturated rings. The molecule has 0 aliphatic carbocycles. The second-order valence-corrected chi connectivity index (χ2v) is 6.37. The Bertz CT molecular complexity index is 736. The number of hydrogen-bond acceptors (Lipinski definition) is 3. The minimum absolute atomic E-state index is 0.0105. The lowest BCUT2D eigenvalue weighted by Crippen LogP contribution is -2.46. The predicted octanol–water partition coefficient (Wildman–Crippen LogP) is 2.11. The van der Waals surface area contributed by atoms with Gasteiger partial charge in [-0.3, -0.25) is 14.6 Å². The second-order valence-electron chi connectivity index (χ2n) is 5.93. The topological polar surface area (TPSA) is 67.2 Å². The van der Waals surface area contributed by atoms with Gasteiger partial charge in [-0.15, -0.1) is 0 Å². The zero-order valence-corrected chi connectivity index (χ0v) is 14.2. The normalized spacial score (nSPS) is 15.3. The van der Waals surface area contributed by atoms with Crippen molar-refractivity contribution in [3.05, 3.63) is 53.1 Å². The number of piperidine rings is 1. The third-order valence-corrected chi connectivity index (χ3v) is 4.46. The highest BCUT2D eigenvalue weighted by molar-refractivity contribution is 6.31. The van der Waals surface area contributed by atoms with E-state index in [1.54, 1.807) is 48.4 Å². The highest BCUT2D eigenvalue weighted by atomic mass is 35.5. The molecule has 0 unspecified atom stereocenters. The van der Waals surface area contributed by atoms with Crippen molar-refractivity contribution < 1.29 is 9.59 Å². The minimum Gasteiger partial charge on any atom is -0.348 e. The lowest BCUT2D eigenvalue weighted by molar-refractivity contribution is 0.0697. The van der Waals surface area contributed by atoms with Crippen molar-refractivity contribution in [3.63, 3.8) is 0 Å². The molecule has 1 N–H and O–H groups in total. The van der Waals surface area contributed by atoms with Gasteiger partial charge in [-0.25, -0.2) is 0 Å². The summed E-state index contributed by atoms with van der Waals surface area (Å²) in [6.45, 7) is 1.25. The van der Waals surface area contributed by atoms with Crippen molar-refractivity contribution in [1.29, 1.82) is 0 Å². The van der Waals surface area contributed by atoms with E-state index >= 15 is 0 Å². The Balaban J connectivity index is 1.55. The molecule has 0 aromatic carbocycles. The SMILES string of the molecule is Cn1cc(Cl)cc1C(=O)NC1CCN(C(=O)c2ccncc2)CC1. The van der Waals surface area contributed by atoms with Crippen molar-refractivity contribution in [1.82, 2.24) is 19.8 Å². The van der Waals surface area contributed by atoms with Crippen LogP contribution in [-0.4, -0.2) is 45.4 Å². The van der Waals surface area contributed by atoms with Crippen molar-refractivity contribution in [2.75, 3.05) is 13.1 Å². The summed E-state index contributed by atoms with van der Waals surface area (Å²) in [6, 6.07) is 5.15. The fourth-order valence-electron chi connectivity index (χ4n) is 2.91. The maximum atomic E-state index is 12.4. The van der Waals surface area contributed by atoms with Crippen molar-refractivity contribution in [2.45, 2.75) is 18.9 Å². The van der Waals surface area contributed by atoms with Crippen LogP contribution in [0, 0.1) is 0 Å². The summed E-state index contributed by atoms with van der Waals surface area (Å²) < 4.78 is 1.71. The molecule has 6 nitrogen and oxygen atoms in total. The number of likely N-dealkylation sites (tertiary alicyclic amines) is 1. The highest BCUT2D eigenvalue weighted by Gasteiger charge is 2.25. The summed E-state index contributed by atoms with van der Waals surface area (Å²) in [5.74, 6) is -0.125. The Kier molecular flexibility index (Phi) is 4.85. The van der Waals surface area contributed by atoms with E-state index in [1.165, 1.54) is 0 Å². The molecule has 3 rings (SSSR count). The molecule has 7 heteroatoms. The fourth-order valence-corrected chi connectivity index (χ4v) is 3.16. The van der Waals surface area contributed by atoms with Crippen LogP contribution in [0.3, 0.4) is 0 Å². The van der Waals surface area contributed by atoms with Crippen LogP contribution in [0.4, 0.5) is 0 Å². The van der Waals surface area contributed by atoms with E-state index in [9.17, 15) is 9.59 Å². The number of amides is 2. The summed E-state index contributed by atoms with van der Waals surface area (Å²) >= 11 is 5.92. The first-order chi connectivity index (χ1) is 11.5. The van der Waals surface area contributed by atoms with Gasteiger partial charge in [0.1, 0.15) is 5.69 Å². The number of nitrogens with one attached hydrogen (secondary N) is 1. The van der Waals surface area contributed by atoms with E-state index < -0.39 is 0 Å². The number of carbonyl (C=O) groups is 2. The molecule has 1 aliphatic heterocycles. The van der Waals surface area contributed by atoms with Gasteiger partial charge in [0.15, 0.2) is 0 Å². The van der Waals surface area contributed by atoms with E-state index in [4.69, 9.17) is 11.6 Å². The van der Waals surface area contributed by atoms with Crippen LogP contribution >= 0.6 is 11.6 Å². The minimum atomic E-state index is -0.136. The van der Waals surface area contributed by atoms with Crippen molar-refractivity contribution in [3.8, 4) is 0 Å². The van der Waals surface area contributed by atoms with Gasteiger partial charge in [-0.1, -0.05) is 11.6 Å². The first kappa shape index (κ1) is 16.5. The number of aryl methyl sites for hydroxylation is 1. The van der Waals surface area contributed by atoms with Crippen LogP contribution in [0.5, 0.6) is 0 Å². The molecule has 0 saturated carbocycles. The van der Waals surface area contributed by atoms with Gasteiger partial charge in [-0.2, -0.15) is 0 Å². The van der Waals surface area contributed by atoms with E-state index in [0.717, 1.165) is 12.8 Å². The number of carbonyl (C=O) groups excluding carboxylic acids is 2. The highest BCUT2D eigenvalue weighted by Crippen LogP contribution is 2.16. The van der Waals surface area contributed by atoms with Crippen LogP contribution < -0.4 is 5.32 Å². The molecule has 0 bridgehead atoms. The number of nitrogens with zero attached hydrogens (tertiary/aromatic N) is 3. The molecule has 2 aromatic rings. The van der Waals surface area contributed by atoms with Gasteiger partial charge in [0.05, 0.1) is 5.02 Å². The molecule has 0 atom stereocenters. The number of halogens is 1. The van der Waals surface area contributed by atoms with Crippen molar-refractivity contribution >= 4 is 23.4 Å². The Morgan fingerprint density at radius 1 is 1.25 bits per heavy atom. The quantitative estimate of drug-likeness (QED) is 0.925. The molecule has 2 amide bonds. The molecule has 1 saturated heterocycles. The zero-order valence-electron chi connectivity index (χ0n) is 13.4. The van der Waals surface area contributed by atoms with E-state index in [2.05, 4.69) is 10.3 Å². The number of aromatic nitrogens is 2. The van der Waals surface area contributed by atoms with Crippen LogP contribution in [0.2, 0.25) is 5.02 Å². The van der Waals surface area contributed by atoms with E-state index in [0.29, 0.717) is 29.4 Å². The maximum absolute atomic E-state index is 12.4. The zero-order chi connectivity index (χ0) is 17.1. The molecule has 0 radical (unpaired) electrons. The Morgan fingerprint density at radius 2 is 1.92 bits per heavy atom. The predicted molar refractivity (Wildman–Crippen MR) is 91.1 cm³/mol. The first-order valence-corrected chi connectivity index (χ1v) is 8.24. The number of rotatable bonds is 3. The summed E-state index contributed by atoms with van der Waals surface area (Å²) in [7, 11) is 1.79. The fraction of sp³-hybridized carbons (Fsp3) is 0.353. The third kappa shape index (κ3) is 3.59. The molecule has 1 aliphatic rings. The van der Waals surface area contributed by atoms with E-state index in [-0.39, 0.29) is 17.9 Å². The van der Waals surface area contributed by atoms with Gasteiger partial charge >= 0.3 is 0 Å². The Morgan fingerprint density at radius 3 is 2.50 bits per heavy atom. The molecular formula is C17H19ClN4O2. The van der Waals surface area contributed by atoms with Crippen LogP contribution in [0.15, 0.2) is 36.8 Å². The monoisotopic (exact) mass is 346 g/mol. The molecule has 126 valence electrons. The lowest BCUT2D eigenvalue weighted by atomic mass is 10.0. The van der Waals surface area contributed by atoms with Crippen LogP contribution in [0.1, 0.15) is 33.7 Å². The summed E-state index contributed by atoms with van der Waals surface area (Å²) in [4.78, 5) is 30.4. The Labute approximate surface area is 145 Å². The molecular weight excluding hydrogens is 328 g/mol. The van der Waals surface area contributed by atoms with Crippen molar-refractivity contribution in [2.24, 2.45) is 7.05 Å². The number of hydrogen-bond donors (Lipinski definition) is 1. The lowest BCUT2D eigenvalue weighted by Gasteiger charge is -2.32. The van der Waals surface area contributed by atoms with Gasteiger partial charge in [0.2, 0.25) is 0 Å². The average molecular weight is 347 g/mol. The Hall–Kier alpha value is -2.34. The van der Waals surface area contributed by atoms with Gasteiger partial charge in [-0.05, 0) is 31.0 Å². The first-order valence-electron chi connectivity index (χ1n) is 7.86. The number of pyridine rings is 1. The largest absolute Gasteiger partial charge is 0.348 e. The van der Waals surface area contributed by atoms with Gasteiger partial charge < -0.3 is 14.8 Å². The molecule has 3 heterocycles. The second kappa shape index (κ2) is 7.05. The summed E-state index contributed by atoms with van der Waals surface area (Å²) in [5.41, 5.74) is 1.18. The van der Waals surface area contributed by atoms with Gasteiger partial charge in [0, 0.05) is 50.3 Å². The van der Waals surface area contributed by atoms with Crippen LogP contribution in [0.25, 0.3) is 0 Å². The standard InChI is InChI=1S/C17H19ClN4O2/c1-21-11-13(18)10-15(21)16(23)20-14-4-8-22(9-5-14)17(24)12-2-6-19-7-3-12/h2-3,6-7,10-11,14H,4-5,8-9H2,1H3,(H,20,23). The molecule has 24 heavy (non-hydrogen) atoms. The van der Waals surface area contributed by atoms with E-state index in [1.807, 2.05) is 4.90 Å². The molecule has 0 spiro atoms. The average Bonchev–Trinajstić information content (AvgIpc) is 2.94. The maximum Gasteiger partial charge on any atom is 0.268 e. The van der Waals surface area contributed by atoms with Gasteiger partial charge in [0.25, 0.3) is 11.8 Å². The summed E-state index contributed by atoms with van der Waals surface area (Å²) in [5, 5.41) is 3.56. The van der Waals surface area contributed by atoms with Crippen LogP contribution in [-0.2, 0) is 7.05 Å². The third-order valence-electron chi connectivity index (χ3n) is 4.25. The smallest absolute Gasteiger partial charge is 0.268 e. The summed E-state index contributed by atoms with van der Waals surface area (Å²) in [6.07, 6.45) is 6.41.